The highest BCUT2D eigenvalue weighted by Crippen LogP contribution is 2.27. The number of fused-ring (bicyclic) bond motifs is 1. The van der Waals surface area contributed by atoms with E-state index in [1.54, 1.807) is 12.1 Å². The highest BCUT2D eigenvalue weighted by Gasteiger charge is 2.18. The minimum absolute atomic E-state index is 0.0237. The van der Waals surface area contributed by atoms with Crippen molar-refractivity contribution < 1.29 is 9.18 Å². The van der Waals surface area contributed by atoms with Gasteiger partial charge in [0.25, 0.3) is 0 Å². The Morgan fingerprint density at radius 2 is 2.23 bits per heavy atom. The molecule has 0 aromatic heterocycles. The smallest absolute Gasteiger partial charge is 0.156 e. The molecule has 0 spiro atoms. The number of allylic oxidation sites excluding steroid dienone is 1. The first-order valence-corrected chi connectivity index (χ1v) is 4.17. The van der Waals surface area contributed by atoms with Crippen molar-refractivity contribution in [1.82, 2.24) is 0 Å². The lowest BCUT2D eigenvalue weighted by atomic mass is 10.1. The SMILES string of the molecule is CC(=O)C1=Cc2cccc(F)c2C1. The highest BCUT2D eigenvalue weighted by atomic mass is 19.1. The molecular weight excluding hydrogens is 167 g/mol. The predicted molar refractivity (Wildman–Crippen MR) is 48.8 cm³/mol. The molecule has 0 saturated heterocycles. The first kappa shape index (κ1) is 8.17. The fourth-order valence-electron chi connectivity index (χ4n) is 1.55. The summed E-state index contributed by atoms with van der Waals surface area (Å²) in [4.78, 5) is 11.0. The second-order valence-corrected chi connectivity index (χ2v) is 3.21. The Balaban J connectivity index is 2.46. The minimum Gasteiger partial charge on any atom is -0.295 e. The molecule has 1 aliphatic rings. The Morgan fingerprint density at radius 1 is 1.46 bits per heavy atom. The summed E-state index contributed by atoms with van der Waals surface area (Å²) < 4.78 is 13.2. The first-order chi connectivity index (χ1) is 6.18. The third-order valence-electron chi connectivity index (χ3n) is 2.30. The molecule has 13 heavy (non-hydrogen) atoms. The Bertz CT molecular complexity index is 405. The van der Waals surface area contributed by atoms with Gasteiger partial charge in [0, 0.05) is 6.42 Å². The fraction of sp³-hybridized carbons (Fsp3) is 0.182. The monoisotopic (exact) mass is 176 g/mol. The van der Waals surface area contributed by atoms with Gasteiger partial charge in [0.1, 0.15) is 5.82 Å². The van der Waals surface area contributed by atoms with Gasteiger partial charge in [-0.1, -0.05) is 12.1 Å². The van der Waals surface area contributed by atoms with Gasteiger partial charge in [-0.05, 0) is 35.8 Å². The average Bonchev–Trinajstić information content (AvgIpc) is 2.49. The van der Waals surface area contributed by atoms with Crippen LogP contribution in [0.25, 0.3) is 6.08 Å². The van der Waals surface area contributed by atoms with Crippen molar-refractivity contribution in [3.05, 3.63) is 40.7 Å². The average molecular weight is 176 g/mol. The maximum absolute atomic E-state index is 13.2. The summed E-state index contributed by atoms with van der Waals surface area (Å²) >= 11 is 0. The molecule has 66 valence electrons. The predicted octanol–water partition coefficient (Wildman–Crippen LogP) is 2.35. The largest absolute Gasteiger partial charge is 0.295 e. The molecule has 1 aliphatic carbocycles. The van der Waals surface area contributed by atoms with E-state index in [4.69, 9.17) is 0 Å². The van der Waals surface area contributed by atoms with Crippen LogP contribution in [0, 0.1) is 5.82 Å². The Kier molecular flexibility index (Phi) is 1.76. The maximum atomic E-state index is 13.2. The molecule has 0 amide bonds. The second-order valence-electron chi connectivity index (χ2n) is 3.21. The van der Waals surface area contributed by atoms with E-state index in [1.807, 2.05) is 6.07 Å². The van der Waals surface area contributed by atoms with Crippen LogP contribution >= 0.6 is 0 Å². The summed E-state index contributed by atoms with van der Waals surface area (Å²) in [7, 11) is 0. The molecule has 1 aromatic carbocycles. The quantitative estimate of drug-likeness (QED) is 0.642. The van der Waals surface area contributed by atoms with Crippen molar-refractivity contribution in [2.75, 3.05) is 0 Å². The summed E-state index contributed by atoms with van der Waals surface area (Å²) in [6.07, 6.45) is 2.21. The number of ketones is 1. The van der Waals surface area contributed by atoms with Gasteiger partial charge >= 0.3 is 0 Å². The summed E-state index contributed by atoms with van der Waals surface area (Å²) in [5.41, 5.74) is 2.18. The summed E-state index contributed by atoms with van der Waals surface area (Å²) in [6.45, 7) is 1.51. The number of Topliss-reactive ketones (excluding diaryl/α,β-unsaturated/α-hetero) is 1. The van der Waals surface area contributed by atoms with Crippen molar-refractivity contribution in [1.29, 1.82) is 0 Å². The maximum Gasteiger partial charge on any atom is 0.156 e. The molecule has 0 radical (unpaired) electrons. The number of hydrogen-bond donors (Lipinski definition) is 0. The zero-order valence-electron chi connectivity index (χ0n) is 7.30. The Labute approximate surface area is 75.9 Å². The van der Waals surface area contributed by atoms with Crippen LogP contribution in [0.4, 0.5) is 4.39 Å². The first-order valence-electron chi connectivity index (χ1n) is 4.17. The van der Waals surface area contributed by atoms with Crippen molar-refractivity contribution in [3.8, 4) is 0 Å². The van der Waals surface area contributed by atoms with Crippen molar-refractivity contribution in [3.63, 3.8) is 0 Å². The van der Waals surface area contributed by atoms with Gasteiger partial charge < -0.3 is 0 Å². The van der Waals surface area contributed by atoms with Crippen LogP contribution in [-0.2, 0) is 11.2 Å². The number of carbonyl (C=O) groups is 1. The Hall–Kier alpha value is -1.44. The van der Waals surface area contributed by atoms with E-state index >= 15 is 0 Å². The van der Waals surface area contributed by atoms with E-state index in [0.29, 0.717) is 17.6 Å². The van der Waals surface area contributed by atoms with Gasteiger partial charge in [-0.25, -0.2) is 4.39 Å². The topological polar surface area (TPSA) is 17.1 Å². The molecule has 0 saturated carbocycles. The van der Waals surface area contributed by atoms with Gasteiger partial charge in [0.2, 0.25) is 0 Å². The van der Waals surface area contributed by atoms with Crippen LogP contribution in [-0.4, -0.2) is 5.78 Å². The van der Waals surface area contributed by atoms with Crippen LogP contribution in [0.1, 0.15) is 18.1 Å². The number of hydrogen-bond acceptors (Lipinski definition) is 1. The van der Waals surface area contributed by atoms with Gasteiger partial charge in [0.05, 0.1) is 0 Å². The van der Waals surface area contributed by atoms with Crippen molar-refractivity contribution in [2.24, 2.45) is 0 Å². The molecule has 0 heterocycles. The minimum atomic E-state index is -0.218. The van der Waals surface area contributed by atoms with Crippen LogP contribution in [0.3, 0.4) is 0 Å². The van der Waals surface area contributed by atoms with Crippen LogP contribution in [0.2, 0.25) is 0 Å². The summed E-state index contributed by atoms with van der Waals surface area (Å²) in [5, 5.41) is 0. The van der Waals surface area contributed by atoms with Crippen LogP contribution in [0.5, 0.6) is 0 Å². The van der Waals surface area contributed by atoms with Crippen LogP contribution < -0.4 is 0 Å². The molecule has 0 aliphatic heterocycles. The van der Waals surface area contributed by atoms with Crippen molar-refractivity contribution in [2.45, 2.75) is 13.3 Å². The van der Waals surface area contributed by atoms with E-state index in [2.05, 4.69) is 0 Å². The second kappa shape index (κ2) is 2.80. The van der Waals surface area contributed by atoms with Gasteiger partial charge in [-0.15, -0.1) is 0 Å². The van der Waals surface area contributed by atoms with E-state index in [-0.39, 0.29) is 11.6 Å². The standard InChI is InChI=1S/C11H9FO/c1-7(13)9-5-8-3-2-4-11(12)10(8)6-9/h2-5H,6H2,1H3. The van der Waals surface area contributed by atoms with E-state index in [1.165, 1.54) is 13.0 Å². The van der Waals surface area contributed by atoms with Gasteiger partial charge in [-0.3, -0.25) is 4.79 Å². The fourth-order valence-corrected chi connectivity index (χ4v) is 1.55. The molecule has 0 fully saturated rings. The van der Waals surface area contributed by atoms with E-state index in [9.17, 15) is 9.18 Å². The molecule has 0 atom stereocenters. The highest BCUT2D eigenvalue weighted by molar-refractivity contribution is 6.00. The lowest BCUT2D eigenvalue weighted by Crippen LogP contribution is -1.96. The van der Waals surface area contributed by atoms with Gasteiger partial charge in [-0.2, -0.15) is 0 Å². The van der Waals surface area contributed by atoms with E-state index in [0.717, 1.165) is 5.56 Å². The summed E-state index contributed by atoms with van der Waals surface area (Å²) in [5.74, 6) is -0.194. The third-order valence-corrected chi connectivity index (χ3v) is 2.30. The number of halogens is 1. The Morgan fingerprint density at radius 3 is 2.85 bits per heavy atom. The molecule has 0 N–H and O–H groups in total. The zero-order valence-corrected chi connectivity index (χ0v) is 7.30. The number of rotatable bonds is 1. The van der Waals surface area contributed by atoms with E-state index < -0.39 is 0 Å². The lowest BCUT2D eigenvalue weighted by molar-refractivity contribution is -0.113. The lowest BCUT2D eigenvalue weighted by Gasteiger charge is -1.98. The molecule has 2 heteroatoms. The number of benzene rings is 1. The molecule has 0 bridgehead atoms. The molecule has 1 aromatic rings. The molecule has 0 unspecified atom stereocenters. The summed E-state index contributed by atoms with van der Waals surface area (Å²) in [6, 6.07) is 4.91. The zero-order chi connectivity index (χ0) is 9.42. The van der Waals surface area contributed by atoms with Gasteiger partial charge in [0.15, 0.2) is 5.78 Å². The third kappa shape index (κ3) is 1.28. The normalized spacial score (nSPS) is 13.8. The number of carbonyl (C=O) groups excluding carboxylic acids is 1. The van der Waals surface area contributed by atoms with Crippen LogP contribution in [0.15, 0.2) is 23.8 Å². The molecule has 2 rings (SSSR count). The van der Waals surface area contributed by atoms with Crippen molar-refractivity contribution >= 4 is 11.9 Å². The molecule has 1 nitrogen and oxygen atoms in total. The molecular formula is C11H9FO.